The summed E-state index contributed by atoms with van der Waals surface area (Å²) in [5, 5.41) is 0.370. The van der Waals surface area contributed by atoms with Crippen molar-refractivity contribution in [1.29, 1.82) is 0 Å². The van der Waals surface area contributed by atoms with Crippen LogP contribution in [-0.2, 0) is 6.61 Å². The summed E-state index contributed by atoms with van der Waals surface area (Å²) in [5.41, 5.74) is 0.673. The van der Waals surface area contributed by atoms with Gasteiger partial charge >= 0.3 is 0 Å². The lowest BCUT2D eigenvalue weighted by Crippen LogP contribution is -1.97. The largest absolute Gasteiger partial charge is 0.486 e. The molecule has 2 nitrogen and oxygen atoms in total. The van der Waals surface area contributed by atoms with Gasteiger partial charge in [0.05, 0.1) is 5.02 Å². The minimum Gasteiger partial charge on any atom is -0.486 e. The van der Waals surface area contributed by atoms with Crippen LogP contribution < -0.4 is 4.74 Å². The highest BCUT2D eigenvalue weighted by atomic mass is 35.5. The van der Waals surface area contributed by atoms with Crippen LogP contribution in [0.15, 0.2) is 36.5 Å². The lowest BCUT2D eigenvalue weighted by molar-refractivity contribution is 0.304. The molecule has 0 N–H and O–H groups in total. The van der Waals surface area contributed by atoms with Crippen LogP contribution >= 0.6 is 23.2 Å². The second-order valence-corrected chi connectivity index (χ2v) is 4.09. The molecule has 5 heteroatoms. The molecule has 0 saturated heterocycles. The number of hydrogen-bond donors (Lipinski definition) is 0. The highest BCUT2D eigenvalue weighted by Gasteiger charge is 2.04. The molecule has 0 saturated carbocycles. The first kappa shape index (κ1) is 12.1. The molecule has 17 heavy (non-hydrogen) atoms. The van der Waals surface area contributed by atoms with Gasteiger partial charge in [-0.25, -0.2) is 9.37 Å². The van der Waals surface area contributed by atoms with Crippen molar-refractivity contribution in [2.45, 2.75) is 6.61 Å². The second-order valence-electron chi connectivity index (χ2n) is 3.33. The molecule has 1 aromatic carbocycles. The van der Waals surface area contributed by atoms with E-state index in [1.165, 1.54) is 12.1 Å². The molecule has 0 atom stereocenters. The van der Waals surface area contributed by atoms with E-state index in [0.717, 1.165) is 0 Å². The maximum atomic E-state index is 13.2. The molecular weight excluding hydrogens is 264 g/mol. The molecular formula is C12H8Cl2FNO. The average molecular weight is 272 g/mol. The summed E-state index contributed by atoms with van der Waals surface area (Å²) >= 11 is 11.4. The zero-order valence-corrected chi connectivity index (χ0v) is 10.2. The third-order valence-corrected chi connectivity index (χ3v) is 2.69. The maximum Gasteiger partial charge on any atom is 0.171 e. The lowest BCUT2D eigenvalue weighted by Gasteiger charge is -2.07. The first-order chi connectivity index (χ1) is 8.16. The van der Waals surface area contributed by atoms with Gasteiger partial charge in [0.15, 0.2) is 10.9 Å². The van der Waals surface area contributed by atoms with E-state index in [-0.39, 0.29) is 16.8 Å². The van der Waals surface area contributed by atoms with Crippen molar-refractivity contribution < 1.29 is 9.13 Å². The summed E-state index contributed by atoms with van der Waals surface area (Å²) in [4.78, 5) is 3.87. The normalized spacial score (nSPS) is 10.3. The summed E-state index contributed by atoms with van der Waals surface area (Å²) < 4.78 is 18.6. The Balaban J connectivity index is 2.08. The SMILES string of the molecule is Fc1cc(COc2cccnc2Cl)ccc1Cl. The number of halogens is 3. The molecule has 2 rings (SSSR count). The van der Waals surface area contributed by atoms with Crippen LogP contribution in [0.5, 0.6) is 5.75 Å². The summed E-state index contributed by atoms with van der Waals surface area (Å²) in [7, 11) is 0. The van der Waals surface area contributed by atoms with E-state index in [1.54, 1.807) is 24.4 Å². The van der Waals surface area contributed by atoms with Crippen molar-refractivity contribution in [1.82, 2.24) is 4.98 Å². The average Bonchev–Trinajstić information content (AvgIpc) is 2.32. The molecule has 0 aliphatic carbocycles. The van der Waals surface area contributed by atoms with E-state index < -0.39 is 5.82 Å². The number of nitrogens with zero attached hydrogens (tertiary/aromatic N) is 1. The molecule has 1 aromatic heterocycles. The zero-order valence-electron chi connectivity index (χ0n) is 8.66. The highest BCUT2D eigenvalue weighted by molar-refractivity contribution is 6.31. The van der Waals surface area contributed by atoms with E-state index in [4.69, 9.17) is 27.9 Å². The molecule has 2 aromatic rings. The van der Waals surface area contributed by atoms with Gasteiger partial charge in [0.1, 0.15) is 12.4 Å². The van der Waals surface area contributed by atoms with Crippen LogP contribution in [-0.4, -0.2) is 4.98 Å². The number of ether oxygens (including phenoxy) is 1. The first-order valence-electron chi connectivity index (χ1n) is 4.84. The van der Waals surface area contributed by atoms with E-state index in [0.29, 0.717) is 11.3 Å². The zero-order chi connectivity index (χ0) is 12.3. The molecule has 0 aliphatic heterocycles. The van der Waals surface area contributed by atoms with Gasteiger partial charge in [-0.15, -0.1) is 0 Å². The van der Waals surface area contributed by atoms with Crippen LogP contribution in [0.25, 0.3) is 0 Å². The molecule has 0 spiro atoms. The second kappa shape index (κ2) is 5.34. The van der Waals surface area contributed by atoms with Crippen molar-refractivity contribution in [2.75, 3.05) is 0 Å². The van der Waals surface area contributed by atoms with Gasteiger partial charge in [0, 0.05) is 6.20 Å². The Morgan fingerprint density at radius 1 is 1.24 bits per heavy atom. The summed E-state index contributed by atoms with van der Waals surface area (Å²) in [5.74, 6) is -0.00502. The maximum absolute atomic E-state index is 13.2. The molecule has 0 aliphatic rings. The first-order valence-corrected chi connectivity index (χ1v) is 5.59. The van der Waals surface area contributed by atoms with Crippen molar-refractivity contribution in [3.8, 4) is 5.75 Å². The number of benzene rings is 1. The van der Waals surface area contributed by atoms with Crippen LogP contribution in [0.3, 0.4) is 0 Å². The smallest absolute Gasteiger partial charge is 0.171 e. The van der Waals surface area contributed by atoms with Gasteiger partial charge in [-0.05, 0) is 29.8 Å². The van der Waals surface area contributed by atoms with Crippen LogP contribution in [0, 0.1) is 5.82 Å². The summed E-state index contributed by atoms with van der Waals surface area (Å²) in [6.07, 6.45) is 1.57. The van der Waals surface area contributed by atoms with E-state index in [9.17, 15) is 4.39 Å². The minimum absolute atomic E-state index is 0.0909. The standard InChI is InChI=1S/C12H8Cl2FNO/c13-9-4-3-8(6-10(9)15)7-17-11-2-1-5-16-12(11)14/h1-6H,7H2. The number of rotatable bonds is 3. The Bertz CT molecular complexity index is 534. The van der Waals surface area contributed by atoms with Crippen molar-refractivity contribution in [3.05, 3.63) is 58.1 Å². The van der Waals surface area contributed by atoms with Gasteiger partial charge in [-0.2, -0.15) is 0 Å². The summed E-state index contributed by atoms with van der Waals surface area (Å²) in [6, 6.07) is 7.91. The monoisotopic (exact) mass is 271 g/mol. The van der Waals surface area contributed by atoms with Crippen LogP contribution in [0.1, 0.15) is 5.56 Å². The molecule has 0 amide bonds. The van der Waals surface area contributed by atoms with Crippen LogP contribution in [0.4, 0.5) is 4.39 Å². The van der Waals surface area contributed by atoms with Crippen molar-refractivity contribution in [3.63, 3.8) is 0 Å². The Hall–Kier alpha value is -1.32. The van der Waals surface area contributed by atoms with Gasteiger partial charge in [-0.3, -0.25) is 0 Å². The fraction of sp³-hybridized carbons (Fsp3) is 0.0833. The molecule has 0 unspecified atom stereocenters. The lowest BCUT2D eigenvalue weighted by atomic mass is 10.2. The Morgan fingerprint density at radius 2 is 2.06 bits per heavy atom. The highest BCUT2D eigenvalue weighted by Crippen LogP contribution is 2.22. The van der Waals surface area contributed by atoms with Gasteiger partial charge in [0.25, 0.3) is 0 Å². The van der Waals surface area contributed by atoms with E-state index >= 15 is 0 Å². The number of pyridine rings is 1. The molecule has 88 valence electrons. The van der Waals surface area contributed by atoms with Crippen molar-refractivity contribution >= 4 is 23.2 Å². The summed E-state index contributed by atoms with van der Waals surface area (Å²) in [6.45, 7) is 0.208. The number of hydrogen-bond acceptors (Lipinski definition) is 2. The predicted molar refractivity (Wildman–Crippen MR) is 65.0 cm³/mol. The molecule has 1 heterocycles. The van der Waals surface area contributed by atoms with Crippen molar-refractivity contribution in [2.24, 2.45) is 0 Å². The van der Waals surface area contributed by atoms with E-state index in [2.05, 4.69) is 4.98 Å². The minimum atomic E-state index is -0.468. The molecule has 0 bridgehead atoms. The van der Waals surface area contributed by atoms with E-state index in [1.807, 2.05) is 0 Å². The Morgan fingerprint density at radius 3 is 2.76 bits per heavy atom. The molecule has 0 radical (unpaired) electrons. The Kier molecular flexibility index (Phi) is 3.82. The topological polar surface area (TPSA) is 22.1 Å². The quantitative estimate of drug-likeness (QED) is 0.784. The fourth-order valence-corrected chi connectivity index (χ4v) is 1.56. The fourth-order valence-electron chi connectivity index (χ4n) is 1.27. The third kappa shape index (κ3) is 3.08. The molecule has 0 fully saturated rings. The predicted octanol–water partition coefficient (Wildman–Crippen LogP) is 4.11. The Labute approximate surface area is 108 Å². The van der Waals surface area contributed by atoms with Gasteiger partial charge < -0.3 is 4.74 Å². The number of aromatic nitrogens is 1. The van der Waals surface area contributed by atoms with Gasteiger partial charge in [0.2, 0.25) is 0 Å². The third-order valence-electron chi connectivity index (χ3n) is 2.10. The van der Waals surface area contributed by atoms with Gasteiger partial charge in [-0.1, -0.05) is 29.3 Å². The van der Waals surface area contributed by atoms with Crippen LogP contribution in [0.2, 0.25) is 10.2 Å².